The van der Waals surface area contributed by atoms with Gasteiger partial charge in [0.25, 0.3) is 0 Å². The van der Waals surface area contributed by atoms with E-state index in [-0.39, 0.29) is 29.3 Å². The molecule has 3 aromatic heterocycles. The fourth-order valence-electron chi connectivity index (χ4n) is 5.20. The monoisotopic (exact) mass is 664 g/mol. The SMILES string of the molecule is CN(C)Cc1cccc(-n2nc(C(C)(C)C)cc2NC(=O)NCc2ccccc2Sc2ccc3nnc(-c4cc(F)ccc4O)n3c2)c1. The Kier molecular flexibility index (Phi) is 9.20. The molecule has 12 heteroatoms. The zero-order chi connectivity index (χ0) is 34.0. The van der Waals surface area contributed by atoms with Crippen LogP contribution in [0.15, 0.2) is 101 Å². The van der Waals surface area contributed by atoms with E-state index in [4.69, 9.17) is 5.10 Å². The molecule has 3 N–H and O–H groups in total. The number of carbonyl (C=O) groups excluding carboxylic acids is 1. The van der Waals surface area contributed by atoms with Gasteiger partial charge in [-0.05, 0) is 73.8 Å². The molecule has 0 unspecified atom stereocenters. The first kappa shape index (κ1) is 32.7. The lowest BCUT2D eigenvalue weighted by atomic mass is 9.92. The minimum absolute atomic E-state index is 0.0889. The number of amides is 2. The average Bonchev–Trinajstić information content (AvgIpc) is 3.66. The number of hydrogen-bond acceptors (Lipinski definition) is 7. The van der Waals surface area contributed by atoms with Crippen LogP contribution < -0.4 is 10.6 Å². The number of rotatable bonds is 9. The van der Waals surface area contributed by atoms with E-state index in [9.17, 15) is 14.3 Å². The maximum absolute atomic E-state index is 14.0. The lowest BCUT2D eigenvalue weighted by Gasteiger charge is -2.15. The van der Waals surface area contributed by atoms with Gasteiger partial charge in [-0.25, -0.2) is 13.9 Å². The Bertz CT molecular complexity index is 2100. The first-order valence-corrected chi connectivity index (χ1v) is 16.2. The molecule has 0 saturated carbocycles. The molecule has 0 aliphatic carbocycles. The number of aromatic hydroxyl groups is 1. The Balaban J connectivity index is 1.20. The Morgan fingerprint density at radius 2 is 1.79 bits per heavy atom. The average molecular weight is 665 g/mol. The van der Waals surface area contributed by atoms with Crippen LogP contribution in [0.3, 0.4) is 0 Å². The number of carbonyl (C=O) groups is 1. The number of aromatic nitrogens is 5. The molecule has 0 bridgehead atoms. The summed E-state index contributed by atoms with van der Waals surface area (Å²) >= 11 is 1.51. The van der Waals surface area contributed by atoms with Gasteiger partial charge in [-0.3, -0.25) is 9.72 Å². The van der Waals surface area contributed by atoms with E-state index in [0.29, 0.717) is 17.3 Å². The third-order valence-electron chi connectivity index (χ3n) is 7.59. The molecule has 3 aromatic carbocycles. The zero-order valence-electron chi connectivity index (χ0n) is 27.4. The summed E-state index contributed by atoms with van der Waals surface area (Å²) in [5.41, 5.74) is 4.37. The van der Waals surface area contributed by atoms with Crippen LogP contribution in [-0.4, -0.2) is 54.5 Å². The number of nitrogens with one attached hydrogen (secondary N) is 2. The largest absolute Gasteiger partial charge is 0.507 e. The summed E-state index contributed by atoms with van der Waals surface area (Å²) in [6.07, 6.45) is 1.85. The molecule has 48 heavy (non-hydrogen) atoms. The maximum Gasteiger partial charge on any atom is 0.320 e. The topological polar surface area (TPSA) is 113 Å². The highest BCUT2D eigenvalue weighted by atomic mass is 32.2. The molecule has 0 aliphatic rings. The Labute approximate surface area is 282 Å². The Hall–Kier alpha value is -5.20. The summed E-state index contributed by atoms with van der Waals surface area (Å²) in [6.45, 7) is 7.34. The summed E-state index contributed by atoms with van der Waals surface area (Å²) in [5.74, 6) is 0.330. The van der Waals surface area contributed by atoms with E-state index >= 15 is 0 Å². The van der Waals surface area contributed by atoms with E-state index in [1.807, 2.05) is 74.9 Å². The summed E-state index contributed by atoms with van der Waals surface area (Å²) in [5, 5.41) is 29.6. The van der Waals surface area contributed by atoms with Gasteiger partial charge in [0.05, 0.1) is 16.9 Å². The number of phenols is 1. The smallest absolute Gasteiger partial charge is 0.320 e. The normalized spacial score (nSPS) is 11.7. The van der Waals surface area contributed by atoms with Crippen molar-refractivity contribution in [3.8, 4) is 22.8 Å². The molecule has 0 radical (unpaired) electrons. The van der Waals surface area contributed by atoms with Crippen LogP contribution in [0.4, 0.5) is 15.0 Å². The summed E-state index contributed by atoms with van der Waals surface area (Å²) in [4.78, 5) is 17.2. The number of benzene rings is 3. The number of anilines is 1. The van der Waals surface area contributed by atoms with Gasteiger partial charge < -0.3 is 15.3 Å². The van der Waals surface area contributed by atoms with E-state index in [0.717, 1.165) is 38.8 Å². The Morgan fingerprint density at radius 1 is 0.979 bits per heavy atom. The fourth-order valence-corrected chi connectivity index (χ4v) is 6.17. The molecule has 6 aromatic rings. The first-order chi connectivity index (χ1) is 22.9. The van der Waals surface area contributed by atoms with Crippen molar-refractivity contribution in [1.82, 2.24) is 34.6 Å². The van der Waals surface area contributed by atoms with Gasteiger partial charge in [0.1, 0.15) is 17.4 Å². The van der Waals surface area contributed by atoms with Gasteiger partial charge >= 0.3 is 6.03 Å². The van der Waals surface area contributed by atoms with E-state index in [1.165, 1.54) is 30.0 Å². The molecule has 0 atom stereocenters. The van der Waals surface area contributed by atoms with Gasteiger partial charge in [-0.2, -0.15) is 5.10 Å². The van der Waals surface area contributed by atoms with Gasteiger partial charge in [0.15, 0.2) is 11.5 Å². The number of hydrogen-bond donors (Lipinski definition) is 3. The predicted molar refractivity (Wildman–Crippen MR) is 186 cm³/mol. The van der Waals surface area contributed by atoms with Crippen LogP contribution in [0.2, 0.25) is 0 Å². The maximum atomic E-state index is 14.0. The predicted octanol–water partition coefficient (Wildman–Crippen LogP) is 7.26. The van der Waals surface area contributed by atoms with Crippen LogP contribution in [0.5, 0.6) is 5.75 Å². The number of phenolic OH excluding ortho intramolecular Hbond substituents is 1. The quantitative estimate of drug-likeness (QED) is 0.149. The first-order valence-electron chi connectivity index (χ1n) is 15.4. The second-order valence-corrected chi connectivity index (χ2v) is 13.9. The highest BCUT2D eigenvalue weighted by molar-refractivity contribution is 7.99. The molecule has 0 aliphatic heterocycles. The van der Waals surface area contributed by atoms with Gasteiger partial charge in [-0.1, -0.05) is 62.9 Å². The Morgan fingerprint density at radius 3 is 2.58 bits per heavy atom. The van der Waals surface area contributed by atoms with Crippen LogP contribution in [0.1, 0.15) is 37.6 Å². The van der Waals surface area contributed by atoms with Gasteiger partial charge in [0.2, 0.25) is 0 Å². The van der Waals surface area contributed by atoms with Crippen molar-refractivity contribution in [3.63, 3.8) is 0 Å². The molecule has 0 saturated heterocycles. The third-order valence-corrected chi connectivity index (χ3v) is 8.68. The van der Waals surface area contributed by atoms with Crippen molar-refractivity contribution >= 4 is 29.3 Å². The van der Waals surface area contributed by atoms with Crippen LogP contribution in [-0.2, 0) is 18.5 Å². The fraction of sp³-hybridized carbons (Fsp3) is 0.222. The van der Waals surface area contributed by atoms with Gasteiger partial charge in [0, 0.05) is 40.6 Å². The lowest BCUT2D eigenvalue weighted by molar-refractivity contribution is 0.251. The molecule has 6 rings (SSSR count). The van der Waals surface area contributed by atoms with Crippen molar-refractivity contribution in [1.29, 1.82) is 0 Å². The highest BCUT2D eigenvalue weighted by Crippen LogP contribution is 2.33. The summed E-state index contributed by atoms with van der Waals surface area (Å²) in [7, 11) is 4.05. The van der Waals surface area contributed by atoms with E-state index in [2.05, 4.69) is 58.6 Å². The van der Waals surface area contributed by atoms with Crippen LogP contribution in [0, 0.1) is 5.82 Å². The standard InChI is InChI=1S/C36H37FN8O2S/c1-36(2,3)31-19-33(45(42-31)26-11-8-9-23(17-26)21-43(4)5)39-35(47)38-20-24-10-6-7-12-30(24)48-27-14-16-32-40-41-34(44(32)22-27)28-18-25(37)13-15-29(28)46/h6-19,22,46H,20-21H2,1-5H3,(H2,38,39,47). The van der Waals surface area contributed by atoms with Gasteiger partial charge in [-0.15, -0.1) is 10.2 Å². The number of fused-ring (bicyclic) bond motifs is 1. The van der Waals surface area contributed by atoms with Crippen LogP contribution in [0.25, 0.3) is 22.7 Å². The lowest BCUT2D eigenvalue weighted by Crippen LogP contribution is -2.29. The molecule has 2 amide bonds. The number of urea groups is 1. The number of pyridine rings is 1. The second-order valence-electron chi connectivity index (χ2n) is 12.8. The minimum atomic E-state index is -0.483. The number of nitrogens with zero attached hydrogens (tertiary/aromatic N) is 6. The number of halogens is 1. The van der Waals surface area contributed by atoms with Crippen LogP contribution >= 0.6 is 11.8 Å². The molecule has 0 fully saturated rings. The molecule has 10 nitrogen and oxygen atoms in total. The summed E-state index contributed by atoms with van der Waals surface area (Å²) < 4.78 is 17.5. The van der Waals surface area contributed by atoms with Crippen molar-refractivity contribution in [2.24, 2.45) is 0 Å². The summed E-state index contributed by atoms with van der Waals surface area (Å²) in [6, 6.07) is 25.0. The van der Waals surface area contributed by atoms with Crippen molar-refractivity contribution in [2.75, 3.05) is 19.4 Å². The zero-order valence-corrected chi connectivity index (χ0v) is 28.2. The molecule has 3 heterocycles. The molecule has 246 valence electrons. The van der Waals surface area contributed by atoms with Crippen molar-refractivity contribution in [2.45, 2.75) is 49.1 Å². The highest BCUT2D eigenvalue weighted by Gasteiger charge is 2.22. The minimum Gasteiger partial charge on any atom is -0.507 e. The second kappa shape index (κ2) is 13.5. The van der Waals surface area contributed by atoms with E-state index in [1.54, 1.807) is 9.08 Å². The van der Waals surface area contributed by atoms with E-state index < -0.39 is 5.82 Å². The molecular weight excluding hydrogens is 628 g/mol. The van der Waals surface area contributed by atoms with Crippen molar-refractivity contribution < 1.29 is 14.3 Å². The third kappa shape index (κ3) is 7.35. The molecule has 0 spiro atoms. The molecular formula is C36H37FN8O2S. The van der Waals surface area contributed by atoms with Crippen molar-refractivity contribution in [3.05, 3.63) is 114 Å².